The van der Waals surface area contributed by atoms with E-state index in [1.807, 2.05) is 6.07 Å². The number of hydrogen-bond acceptors (Lipinski definition) is 4. The number of rotatable bonds is 4. The molecule has 9 heteroatoms. The van der Waals surface area contributed by atoms with Gasteiger partial charge in [-0.3, -0.25) is 4.79 Å². The Morgan fingerprint density at radius 2 is 2.23 bits per heavy atom. The van der Waals surface area contributed by atoms with E-state index in [1.165, 1.54) is 24.3 Å². The van der Waals surface area contributed by atoms with Crippen LogP contribution in [0.2, 0.25) is 5.02 Å². The van der Waals surface area contributed by atoms with Gasteiger partial charge in [0.25, 0.3) is 0 Å². The zero-order chi connectivity index (χ0) is 18.7. The minimum absolute atomic E-state index is 0.103. The fourth-order valence-corrected chi connectivity index (χ4v) is 2.74. The first-order valence-electron chi connectivity index (χ1n) is 7.64. The predicted molar refractivity (Wildman–Crippen MR) is 90.7 cm³/mol. The molecule has 7 nitrogen and oxygen atoms in total. The molecule has 0 aliphatic carbocycles. The van der Waals surface area contributed by atoms with Crippen molar-refractivity contribution < 1.29 is 14.0 Å². The molecule has 2 aromatic rings. The van der Waals surface area contributed by atoms with E-state index in [1.54, 1.807) is 12.1 Å². The summed E-state index contributed by atoms with van der Waals surface area (Å²) in [5.41, 5.74) is 1.05. The number of benzene rings is 1. The third-order valence-corrected chi connectivity index (χ3v) is 4.12. The highest BCUT2D eigenvalue weighted by Crippen LogP contribution is 2.25. The number of carbonyl (C=O) groups excluding carboxylic acids is 2. The van der Waals surface area contributed by atoms with E-state index in [0.29, 0.717) is 11.3 Å². The van der Waals surface area contributed by atoms with Gasteiger partial charge in [-0.2, -0.15) is 5.26 Å². The molecule has 2 unspecified atom stereocenters. The maximum Gasteiger partial charge on any atom is 0.315 e. The van der Waals surface area contributed by atoms with Gasteiger partial charge in [0, 0.05) is 6.54 Å². The van der Waals surface area contributed by atoms with Gasteiger partial charge in [0.1, 0.15) is 23.6 Å². The highest BCUT2D eigenvalue weighted by molar-refractivity contribution is 6.30. The number of nitriles is 1. The van der Waals surface area contributed by atoms with Crippen LogP contribution in [0.25, 0.3) is 0 Å². The zero-order valence-electron chi connectivity index (χ0n) is 13.3. The van der Waals surface area contributed by atoms with Crippen molar-refractivity contribution in [2.75, 3.05) is 6.54 Å². The van der Waals surface area contributed by atoms with Crippen LogP contribution in [0.5, 0.6) is 0 Å². The summed E-state index contributed by atoms with van der Waals surface area (Å²) in [7, 11) is 0. The Bertz CT molecular complexity index is 914. The van der Waals surface area contributed by atoms with Gasteiger partial charge in [0.2, 0.25) is 5.91 Å². The van der Waals surface area contributed by atoms with Crippen LogP contribution < -0.4 is 16.0 Å². The van der Waals surface area contributed by atoms with E-state index in [2.05, 4.69) is 20.9 Å². The minimum atomic E-state index is -0.772. The van der Waals surface area contributed by atoms with Crippen LogP contribution in [0.3, 0.4) is 0 Å². The van der Waals surface area contributed by atoms with Crippen molar-refractivity contribution in [3.63, 3.8) is 0 Å². The number of nitrogens with zero attached hydrogens (tertiary/aromatic N) is 2. The zero-order valence-corrected chi connectivity index (χ0v) is 14.0. The summed E-state index contributed by atoms with van der Waals surface area (Å²) < 4.78 is 13.5. The van der Waals surface area contributed by atoms with Crippen molar-refractivity contribution in [1.82, 2.24) is 20.9 Å². The SMILES string of the molecule is N#Cc1cccc(C(NC(=O)C2CNC(=O)N2)c2ccc(F)c(Cl)c2)n1. The van der Waals surface area contributed by atoms with Crippen LogP contribution in [0, 0.1) is 17.1 Å². The second-order valence-corrected chi connectivity index (χ2v) is 5.99. The minimum Gasteiger partial charge on any atom is -0.342 e. The monoisotopic (exact) mass is 373 g/mol. The summed E-state index contributed by atoms with van der Waals surface area (Å²) in [5, 5.41) is 16.7. The van der Waals surface area contributed by atoms with Crippen molar-refractivity contribution in [3.05, 3.63) is 64.2 Å². The molecule has 2 atom stereocenters. The summed E-state index contributed by atoms with van der Waals surface area (Å²) in [5.74, 6) is -1.04. The Labute approximate surface area is 153 Å². The average Bonchev–Trinajstić information content (AvgIpc) is 3.08. The van der Waals surface area contributed by atoms with Gasteiger partial charge in [-0.05, 0) is 29.8 Å². The van der Waals surface area contributed by atoms with E-state index in [0.717, 1.165) is 0 Å². The molecule has 1 aromatic heterocycles. The molecule has 1 aliphatic rings. The first-order valence-corrected chi connectivity index (χ1v) is 8.02. The van der Waals surface area contributed by atoms with E-state index < -0.39 is 29.8 Å². The van der Waals surface area contributed by atoms with Crippen LogP contribution in [0.15, 0.2) is 36.4 Å². The maximum atomic E-state index is 13.5. The van der Waals surface area contributed by atoms with Gasteiger partial charge in [0.05, 0.1) is 16.8 Å². The summed E-state index contributed by atoms with van der Waals surface area (Å²) >= 11 is 5.86. The standard InChI is InChI=1S/C17H13ClFN5O2/c18-11-6-9(4-5-12(11)19)15(13-3-1-2-10(7-20)22-13)24-16(25)14-8-21-17(26)23-14/h1-6,14-15H,8H2,(H,24,25)(H2,21,23,26). The molecular formula is C17H13ClFN5O2. The van der Waals surface area contributed by atoms with Gasteiger partial charge in [-0.15, -0.1) is 0 Å². The highest BCUT2D eigenvalue weighted by atomic mass is 35.5. The Hall–Kier alpha value is -3.18. The van der Waals surface area contributed by atoms with E-state index >= 15 is 0 Å². The lowest BCUT2D eigenvalue weighted by Crippen LogP contribution is -2.44. The van der Waals surface area contributed by atoms with Gasteiger partial charge >= 0.3 is 6.03 Å². The largest absolute Gasteiger partial charge is 0.342 e. The van der Waals surface area contributed by atoms with Crippen LogP contribution in [0.1, 0.15) is 23.0 Å². The van der Waals surface area contributed by atoms with Gasteiger partial charge in [-0.25, -0.2) is 14.2 Å². The lowest BCUT2D eigenvalue weighted by atomic mass is 10.0. The van der Waals surface area contributed by atoms with Crippen molar-refractivity contribution in [3.8, 4) is 6.07 Å². The number of nitrogens with one attached hydrogen (secondary N) is 3. The molecule has 0 bridgehead atoms. The Morgan fingerprint density at radius 1 is 1.42 bits per heavy atom. The molecule has 132 valence electrons. The second-order valence-electron chi connectivity index (χ2n) is 5.58. The molecule has 3 amide bonds. The Kier molecular flexibility index (Phi) is 5.00. The van der Waals surface area contributed by atoms with E-state index in [4.69, 9.17) is 16.9 Å². The number of urea groups is 1. The van der Waals surface area contributed by atoms with Gasteiger partial charge in [0.15, 0.2) is 0 Å². The third-order valence-electron chi connectivity index (χ3n) is 3.83. The van der Waals surface area contributed by atoms with E-state index in [9.17, 15) is 14.0 Å². The summed E-state index contributed by atoms with van der Waals surface area (Å²) in [6, 6.07) is 8.80. The van der Waals surface area contributed by atoms with Crippen LogP contribution in [0.4, 0.5) is 9.18 Å². The van der Waals surface area contributed by atoms with Crippen LogP contribution in [-0.2, 0) is 4.79 Å². The number of hydrogen-bond donors (Lipinski definition) is 3. The van der Waals surface area contributed by atoms with Crippen molar-refractivity contribution in [2.45, 2.75) is 12.1 Å². The molecule has 26 heavy (non-hydrogen) atoms. The molecule has 0 spiro atoms. The number of aromatic nitrogens is 1. The lowest BCUT2D eigenvalue weighted by Gasteiger charge is -2.21. The maximum absolute atomic E-state index is 13.5. The molecule has 1 fully saturated rings. The van der Waals surface area contributed by atoms with E-state index in [-0.39, 0.29) is 17.3 Å². The molecule has 0 saturated carbocycles. The normalized spacial score (nSPS) is 17.0. The molecule has 2 heterocycles. The third kappa shape index (κ3) is 3.73. The molecule has 1 aromatic carbocycles. The topological polar surface area (TPSA) is 107 Å². The smallest absolute Gasteiger partial charge is 0.315 e. The predicted octanol–water partition coefficient (Wildman–Crippen LogP) is 1.63. The Balaban J connectivity index is 1.95. The average molecular weight is 374 g/mol. The van der Waals surface area contributed by atoms with Crippen molar-refractivity contribution >= 4 is 23.5 Å². The first kappa shape index (κ1) is 17.6. The first-order chi connectivity index (χ1) is 12.5. The second kappa shape index (κ2) is 7.37. The number of pyridine rings is 1. The van der Waals surface area contributed by atoms with Crippen molar-refractivity contribution in [2.24, 2.45) is 0 Å². The molecule has 3 rings (SSSR count). The van der Waals surface area contributed by atoms with Gasteiger partial charge < -0.3 is 16.0 Å². The van der Waals surface area contributed by atoms with Crippen LogP contribution >= 0.6 is 11.6 Å². The molecule has 3 N–H and O–H groups in total. The molecular weight excluding hydrogens is 361 g/mol. The fourth-order valence-electron chi connectivity index (χ4n) is 2.55. The van der Waals surface area contributed by atoms with Crippen molar-refractivity contribution in [1.29, 1.82) is 5.26 Å². The summed E-state index contributed by atoms with van der Waals surface area (Å²) in [6.07, 6.45) is 0. The molecule has 1 aliphatic heterocycles. The fraction of sp³-hybridized carbons (Fsp3) is 0.176. The lowest BCUT2D eigenvalue weighted by molar-refractivity contribution is -0.122. The number of carbonyl (C=O) groups is 2. The number of halogens is 2. The quantitative estimate of drug-likeness (QED) is 0.757. The highest BCUT2D eigenvalue weighted by Gasteiger charge is 2.29. The summed E-state index contributed by atoms with van der Waals surface area (Å²) in [4.78, 5) is 27.9. The Morgan fingerprint density at radius 3 is 2.88 bits per heavy atom. The van der Waals surface area contributed by atoms with Gasteiger partial charge in [-0.1, -0.05) is 23.7 Å². The number of amides is 3. The van der Waals surface area contributed by atoms with Crippen LogP contribution in [-0.4, -0.2) is 29.5 Å². The molecule has 1 saturated heterocycles. The molecule has 0 radical (unpaired) electrons. The summed E-state index contributed by atoms with van der Waals surface area (Å²) in [6.45, 7) is 0.146.